The summed E-state index contributed by atoms with van der Waals surface area (Å²) in [4.78, 5) is 11.6. The first kappa shape index (κ1) is 15.5. The van der Waals surface area contributed by atoms with Crippen LogP contribution in [0.1, 0.15) is 22.9 Å². The van der Waals surface area contributed by atoms with Gasteiger partial charge in [-0.1, -0.05) is 6.07 Å². The fraction of sp³-hybridized carbons (Fsp3) is 0.214. The summed E-state index contributed by atoms with van der Waals surface area (Å²) in [7, 11) is 0. The van der Waals surface area contributed by atoms with E-state index < -0.39 is 29.5 Å². The van der Waals surface area contributed by atoms with Gasteiger partial charge in [-0.05, 0) is 17.5 Å². The number of hydrogen-bond donors (Lipinski definition) is 2. The second kappa shape index (κ2) is 6.73. The third-order valence-corrected chi connectivity index (χ3v) is 3.88. The number of benzene rings is 1. The van der Waals surface area contributed by atoms with Crippen molar-refractivity contribution in [1.29, 1.82) is 0 Å². The van der Waals surface area contributed by atoms with E-state index in [1.165, 1.54) is 11.3 Å². The van der Waals surface area contributed by atoms with Crippen LogP contribution in [0.25, 0.3) is 0 Å². The van der Waals surface area contributed by atoms with Gasteiger partial charge < -0.3 is 10.4 Å². The molecule has 2 rings (SSSR count). The van der Waals surface area contributed by atoms with Crippen LogP contribution in [0.4, 0.5) is 13.2 Å². The van der Waals surface area contributed by atoms with Gasteiger partial charge in [0.15, 0.2) is 11.6 Å². The molecule has 7 heteroatoms. The molecule has 0 aliphatic heterocycles. The van der Waals surface area contributed by atoms with Gasteiger partial charge in [0.1, 0.15) is 5.82 Å². The fourth-order valence-electron chi connectivity index (χ4n) is 1.87. The van der Waals surface area contributed by atoms with Gasteiger partial charge in [0.25, 0.3) is 0 Å². The largest absolute Gasteiger partial charge is 0.481 e. The molecule has 2 aromatic rings. The number of thiophene rings is 1. The highest BCUT2D eigenvalue weighted by Gasteiger charge is 2.17. The summed E-state index contributed by atoms with van der Waals surface area (Å²) in [5.74, 6) is -4.27. The third kappa shape index (κ3) is 4.05. The molecule has 0 fully saturated rings. The van der Waals surface area contributed by atoms with E-state index in [0.717, 1.165) is 10.9 Å². The molecule has 0 saturated carbocycles. The van der Waals surface area contributed by atoms with Crippen LogP contribution >= 0.6 is 11.3 Å². The van der Waals surface area contributed by atoms with Crippen LogP contribution in [-0.4, -0.2) is 11.1 Å². The third-order valence-electron chi connectivity index (χ3n) is 2.89. The lowest BCUT2D eigenvalue weighted by molar-refractivity contribution is -0.137. The van der Waals surface area contributed by atoms with Crippen LogP contribution in [0.3, 0.4) is 0 Å². The van der Waals surface area contributed by atoms with Crippen LogP contribution in [-0.2, 0) is 11.3 Å². The van der Waals surface area contributed by atoms with Crippen LogP contribution in [0.5, 0.6) is 0 Å². The zero-order valence-electron chi connectivity index (χ0n) is 10.8. The number of aliphatic carboxylic acids is 1. The lowest BCUT2D eigenvalue weighted by atomic mass is 10.1. The number of hydrogen-bond acceptors (Lipinski definition) is 3. The van der Waals surface area contributed by atoms with Gasteiger partial charge in [-0.15, -0.1) is 11.3 Å². The Labute approximate surface area is 123 Å². The molecule has 0 aliphatic rings. The van der Waals surface area contributed by atoms with Gasteiger partial charge in [-0.2, -0.15) is 0 Å². The minimum atomic E-state index is -1.25. The second-order valence-electron chi connectivity index (χ2n) is 4.40. The number of nitrogens with one attached hydrogen (secondary N) is 1. The molecule has 1 unspecified atom stereocenters. The maximum Gasteiger partial charge on any atom is 0.305 e. The number of carboxylic acid groups (broad SMARTS) is 1. The van der Waals surface area contributed by atoms with Crippen molar-refractivity contribution >= 4 is 17.3 Å². The van der Waals surface area contributed by atoms with Crippen molar-refractivity contribution in [2.75, 3.05) is 0 Å². The van der Waals surface area contributed by atoms with E-state index in [-0.39, 0.29) is 18.5 Å². The molecule has 1 atom stereocenters. The first-order chi connectivity index (χ1) is 9.97. The van der Waals surface area contributed by atoms with Gasteiger partial charge in [0.2, 0.25) is 0 Å². The summed E-state index contributed by atoms with van der Waals surface area (Å²) in [6, 6.07) is 4.25. The van der Waals surface area contributed by atoms with E-state index in [2.05, 4.69) is 5.32 Å². The van der Waals surface area contributed by atoms with Crippen LogP contribution in [0, 0.1) is 17.5 Å². The molecule has 1 heterocycles. The molecule has 3 nitrogen and oxygen atoms in total. The van der Waals surface area contributed by atoms with Crippen molar-refractivity contribution in [1.82, 2.24) is 5.32 Å². The molecule has 0 bridgehead atoms. The van der Waals surface area contributed by atoms with Crippen molar-refractivity contribution in [3.05, 3.63) is 57.5 Å². The van der Waals surface area contributed by atoms with Crippen LogP contribution in [0.2, 0.25) is 0 Å². The molecule has 0 amide bonds. The van der Waals surface area contributed by atoms with E-state index in [0.29, 0.717) is 6.07 Å². The molecule has 0 spiro atoms. The molecule has 21 heavy (non-hydrogen) atoms. The Balaban J connectivity index is 2.12. The van der Waals surface area contributed by atoms with E-state index in [9.17, 15) is 18.0 Å². The predicted octanol–water partition coefficient (Wildman–Crippen LogP) is 3.47. The van der Waals surface area contributed by atoms with Crippen LogP contribution < -0.4 is 5.32 Å². The van der Waals surface area contributed by atoms with Gasteiger partial charge in [-0.3, -0.25) is 4.79 Å². The number of rotatable bonds is 6. The molecular formula is C14H12F3NO2S. The highest BCUT2D eigenvalue weighted by atomic mass is 32.1. The minimum absolute atomic E-state index is 0.0548. The predicted molar refractivity (Wildman–Crippen MR) is 72.5 cm³/mol. The van der Waals surface area contributed by atoms with E-state index >= 15 is 0 Å². The highest BCUT2D eigenvalue weighted by molar-refractivity contribution is 7.10. The number of carbonyl (C=O) groups is 1. The van der Waals surface area contributed by atoms with E-state index in [1.54, 1.807) is 17.5 Å². The standard InChI is InChI=1S/C14H12F3NO2S/c15-9-5-11(17)10(16)4-8(9)7-18-12(6-14(19)20)13-2-1-3-21-13/h1-5,12,18H,6-7H2,(H,19,20). The molecule has 0 radical (unpaired) electrons. The monoisotopic (exact) mass is 315 g/mol. The topological polar surface area (TPSA) is 49.3 Å². The normalized spacial score (nSPS) is 12.3. The Kier molecular flexibility index (Phi) is 4.98. The summed E-state index contributed by atoms with van der Waals surface area (Å²) in [5, 5.41) is 13.5. The van der Waals surface area contributed by atoms with Crippen molar-refractivity contribution in [2.45, 2.75) is 19.0 Å². The fourth-order valence-corrected chi connectivity index (χ4v) is 2.67. The van der Waals surface area contributed by atoms with Gasteiger partial charge >= 0.3 is 5.97 Å². The van der Waals surface area contributed by atoms with E-state index in [1.807, 2.05) is 0 Å². The van der Waals surface area contributed by atoms with Crippen molar-refractivity contribution in [3.8, 4) is 0 Å². The van der Waals surface area contributed by atoms with Crippen molar-refractivity contribution < 1.29 is 23.1 Å². The van der Waals surface area contributed by atoms with E-state index in [4.69, 9.17) is 5.11 Å². The molecular weight excluding hydrogens is 303 g/mol. The maximum absolute atomic E-state index is 13.5. The Morgan fingerprint density at radius 2 is 1.95 bits per heavy atom. The summed E-state index contributed by atoms with van der Waals surface area (Å²) in [5.41, 5.74) is -0.0548. The average Bonchev–Trinajstić information content (AvgIpc) is 2.93. The lowest BCUT2D eigenvalue weighted by Crippen LogP contribution is -2.23. The van der Waals surface area contributed by atoms with Crippen LogP contribution in [0.15, 0.2) is 29.6 Å². The van der Waals surface area contributed by atoms with Crippen molar-refractivity contribution in [2.24, 2.45) is 0 Å². The minimum Gasteiger partial charge on any atom is -0.481 e. The molecule has 2 N–H and O–H groups in total. The summed E-state index contributed by atoms with van der Waals surface area (Å²) in [6.45, 7) is -0.0983. The quantitative estimate of drug-likeness (QED) is 0.803. The second-order valence-corrected chi connectivity index (χ2v) is 5.38. The highest BCUT2D eigenvalue weighted by Crippen LogP contribution is 2.23. The van der Waals surface area contributed by atoms with Gasteiger partial charge in [0, 0.05) is 23.1 Å². The van der Waals surface area contributed by atoms with Gasteiger partial charge in [-0.25, -0.2) is 13.2 Å². The van der Waals surface area contributed by atoms with Gasteiger partial charge in [0.05, 0.1) is 12.5 Å². The Morgan fingerprint density at radius 3 is 2.57 bits per heavy atom. The smallest absolute Gasteiger partial charge is 0.305 e. The summed E-state index contributed by atoms with van der Waals surface area (Å²) < 4.78 is 39.5. The average molecular weight is 315 g/mol. The molecule has 1 aromatic carbocycles. The summed E-state index contributed by atoms with van der Waals surface area (Å²) in [6.07, 6.45) is -0.189. The molecule has 112 valence electrons. The first-order valence-corrected chi connectivity index (χ1v) is 6.97. The SMILES string of the molecule is O=C(O)CC(NCc1cc(F)c(F)cc1F)c1cccs1. The molecule has 0 aliphatic carbocycles. The zero-order valence-corrected chi connectivity index (χ0v) is 11.6. The lowest BCUT2D eigenvalue weighted by Gasteiger charge is -2.16. The van der Waals surface area contributed by atoms with Crippen molar-refractivity contribution in [3.63, 3.8) is 0 Å². The maximum atomic E-state index is 13.5. The zero-order chi connectivity index (χ0) is 15.4. The molecule has 1 aromatic heterocycles. The Morgan fingerprint density at radius 1 is 1.24 bits per heavy atom. The summed E-state index contributed by atoms with van der Waals surface area (Å²) >= 11 is 1.36. The first-order valence-electron chi connectivity index (χ1n) is 6.09. The number of halogens is 3. The Bertz CT molecular complexity index is 631. The number of carboxylic acids is 1. The molecule has 0 saturated heterocycles. The Hall–Kier alpha value is -1.86.